The summed E-state index contributed by atoms with van der Waals surface area (Å²) in [7, 11) is 0. The van der Waals surface area contributed by atoms with Gasteiger partial charge in [-0.15, -0.1) is 0 Å². The molecule has 1 fully saturated rings. The topological polar surface area (TPSA) is 12.0 Å². The number of hydrogen-bond donors (Lipinski definition) is 1. The van der Waals surface area contributed by atoms with Crippen LogP contribution in [0.25, 0.3) is 0 Å². The zero-order valence-electron chi connectivity index (χ0n) is 11.7. The van der Waals surface area contributed by atoms with Crippen LogP contribution in [0.5, 0.6) is 0 Å². The summed E-state index contributed by atoms with van der Waals surface area (Å²) in [5, 5.41) is 3.73. The number of hydrogen-bond acceptors (Lipinski definition) is 1. The highest BCUT2D eigenvalue weighted by Crippen LogP contribution is 2.38. The van der Waals surface area contributed by atoms with E-state index in [1.807, 2.05) is 6.07 Å². The number of halogens is 1. The Labute approximate surface area is 110 Å². The third-order valence-corrected chi connectivity index (χ3v) is 4.32. The summed E-state index contributed by atoms with van der Waals surface area (Å²) < 4.78 is 13.3. The van der Waals surface area contributed by atoms with Gasteiger partial charge in [0.05, 0.1) is 0 Å². The molecule has 0 radical (unpaired) electrons. The largest absolute Gasteiger partial charge is 0.307 e. The second-order valence-electron chi connectivity index (χ2n) is 6.12. The van der Waals surface area contributed by atoms with Crippen LogP contribution in [0.2, 0.25) is 0 Å². The zero-order valence-corrected chi connectivity index (χ0v) is 11.7. The van der Waals surface area contributed by atoms with Gasteiger partial charge >= 0.3 is 0 Å². The molecule has 1 aromatic carbocycles. The van der Waals surface area contributed by atoms with E-state index in [-0.39, 0.29) is 11.9 Å². The van der Waals surface area contributed by atoms with Crippen molar-refractivity contribution in [2.75, 3.05) is 0 Å². The van der Waals surface area contributed by atoms with Crippen molar-refractivity contribution in [1.82, 2.24) is 5.32 Å². The van der Waals surface area contributed by atoms with Gasteiger partial charge in [0.15, 0.2) is 0 Å². The Hall–Kier alpha value is -0.890. The quantitative estimate of drug-likeness (QED) is 0.831. The molecule has 1 aromatic rings. The fourth-order valence-corrected chi connectivity index (χ4v) is 3.05. The van der Waals surface area contributed by atoms with Crippen LogP contribution in [0.4, 0.5) is 4.39 Å². The molecule has 1 N–H and O–H groups in total. The molecule has 0 aromatic heterocycles. The lowest BCUT2D eigenvalue weighted by atomic mass is 9.86. The highest BCUT2D eigenvalue weighted by molar-refractivity contribution is 5.20. The monoisotopic (exact) mass is 249 g/mol. The van der Waals surface area contributed by atoms with Crippen molar-refractivity contribution in [2.45, 2.75) is 58.5 Å². The summed E-state index contributed by atoms with van der Waals surface area (Å²) in [5.41, 5.74) is 1.43. The lowest BCUT2D eigenvalue weighted by molar-refractivity contribution is 0.259. The molecule has 2 heteroatoms. The van der Waals surface area contributed by atoms with Crippen molar-refractivity contribution in [3.05, 3.63) is 35.6 Å². The molecule has 2 rings (SSSR count). The minimum Gasteiger partial charge on any atom is -0.307 e. The van der Waals surface area contributed by atoms with Crippen LogP contribution < -0.4 is 5.32 Å². The number of rotatable bonds is 4. The van der Waals surface area contributed by atoms with Gasteiger partial charge in [-0.1, -0.05) is 39.3 Å². The van der Waals surface area contributed by atoms with E-state index in [2.05, 4.69) is 26.1 Å². The van der Waals surface area contributed by atoms with Crippen molar-refractivity contribution in [2.24, 2.45) is 5.41 Å². The molecular weight excluding hydrogens is 225 g/mol. The van der Waals surface area contributed by atoms with E-state index in [9.17, 15) is 4.39 Å². The first kappa shape index (κ1) is 13.5. The third-order valence-electron chi connectivity index (χ3n) is 4.32. The van der Waals surface area contributed by atoms with Gasteiger partial charge in [0.2, 0.25) is 0 Å². The Morgan fingerprint density at radius 2 is 2.22 bits per heavy atom. The smallest absolute Gasteiger partial charge is 0.123 e. The van der Waals surface area contributed by atoms with Crippen LogP contribution in [-0.4, -0.2) is 6.04 Å². The van der Waals surface area contributed by atoms with Gasteiger partial charge in [0.1, 0.15) is 5.82 Å². The molecule has 1 aliphatic rings. The van der Waals surface area contributed by atoms with E-state index in [0.717, 1.165) is 12.0 Å². The van der Waals surface area contributed by atoms with E-state index in [1.165, 1.54) is 25.3 Å². The normalized spacial score (nSPS) is 24.1. The van der Waals surface area contributed by atoms with Crippen LogP contribution in [-0.2, 0) is 0 Å². The van der Waals surface area contributed by atoms with E-state index in [0.29, 0.717) is 11.5 Å². The Morgan fingerprint density at radius 1 is 1.44 bits per heavy atom. The summed E-state index contributed by atoms with van der Waals surface area (Å²) in [6.45, 7) is 6.82. The van der Waals surface area contributed by atoms with Crippen LogP contribution in [0.3, 0.4) is 0 Å². The summed E-state index contributed by atoms with van der Waals surface area (Å²) in [5.74, 6) is -0.140. The fourth-order valence-electron chi connectivity index (χ4n) is 3.05. The standard InChI is InChI=1S/C16H24FN/c1-4-14(12-7-5-8-13(17)11-12)18-15-9-6-10-16(15,2)3/h5,7-8,11,14-15,18H,4,6,9-10H2,1-3H3. The summed E-state index contributed by atoms with van der Waals surface area (Å²) in [4.78, 5) is 0. The first-order chi connectivity index (χ1) is 8.53. The van der Waals surface area contributed by atoms with Crippen LogP contribution >= 0.6 is 0 Å². The molecule has 1 aliphatic carbocycles. The second kappa shape index (κ2) is 5.40. The van der Waals surface area contributed by atoms with Gasteiger partial charge in [-0.05, 0) is 42.4 Å². The molecule has 1 nitrogen and oxygen atoms in total. The first-order valence-corrected chi connectivity index (χ1v) is 7.04. The zero-order chi connectivity index (χ0) is 13.2. The van der Waals surface area contributed by atoms with E-state index in [1.54, 1.807) is 12.1 Å². The van der Waals surface area contributed by atoms with Crippen molar-refractivity contribution in [3.63, 3.8) is 0 Å². The number of benzene rings is 1. The van der Waals surface area contributed by atoms with Gasteiger partial charge in [0, 0.05) is 12.1 Å². The Kier molecular flexibility index (Phi) is 4.06. The van der Waals surface area contributed by atoms with Crippen molar-refractivity contribution < 1.29 is 4.39 Å². The average molecular weight is 249 g/mol. The molecule has 0 saturated heterocycles. The predicted octanol–water partition coefficient (Wildman–Crippen LogP) is 4.45. The highest BCUT2D eigenvalue weighted by Gasteiger charge is 2.35. The molecule has 0 aliphatic heterocycles. The Bertz CT molecular complexity index is 400. The van der Waals surface area contributed by atoms with Crippen molar-refractivity contribution in [1.29, 1.82) is 0 Å². The van der Waals surface area contributed by atoms with Crippen LogP contribution in [0.1, 0.15) is 58.1 Å². The minimum absolute atomic E-state index is 0.140. The first-order valence-electron chi connectivity index (χ1n) is 7.04. The van der Waals surface area contributed by atoms with Crippen molar-refractivity contribution >= 4 is 0 Å². The molecule has 100 valence electrons. The van der Waals surface area contributed by atoms with Crippen molar-refractivity contribution in [3.8, 4) is 0 Å². The van der Waals surface area contributed by atoms with Crippen LogP contribution in [0, 0.1) is 11.2 Å². The van der Waals surface area contributed by atoms with Gasteiger partial charge in [-0.3, -0.25) is 0 Å². The Morgan fingerprint density at radius 3 is 2.78 bits per heavy atom. The predicted molar refractivity (Wildman–Crippen MR) is 74.0 cm³/mol. The molecular formula is C16H24FN. The minimum atomic E-state index is -0.140. The molecule has 0 heterocycles. The lowest BCUT2D eigenvalue weighted by Gasteiger charge is -2.32. The van der Waals surface area contributed by atoms with Gasteiger partial charge in [-0.25, -0.2) is 4.39 Å². The van der Waals surface area contributed by atoms with Crippen LogP contribution in [0.15, 0.2) is 24.3 Å². The third kappa shape index (κ3) is 2.92. The molecule has 0 spiro atoms. The molecule has 1 saturated carbocycles. The highest BCUT2D eigenvalue weighted by atomic mass is 19.1. The SMILES string of the molecule is CCC(NC1CCCC1(C)C)c1cccc(F)c1. The number of nitrogens with one attached hydrogen (secondary N) is 1. The molecule has 0 amide bonds. The van der Waals surface area contributed by atoms with Gasteiger partial charge in [0.25, 0.3) is 0 Å². The summed E-state index contributed by atoms with van der Waals surface area (Å²) in [6.07, 6.45) is 4.81. The molecule has 2 atom stereocenters. The van der Waals surface area contributed by atoms with Gasteiger partial charge < -0.3 is 5.32 Å². The maximum Gasteiger partial charge on any atom is 0.123 e. The van der Waals surface area contributed by atoms with Gasteiger partial charge in [-0.2, -0.15) is 0 Å². The van der Waals surface area contributed by atoms with E-state index >= 15 is 0 Å². The molecule has 18 heavy (non-hydrogen) atoms. The maximum absolute atomic E-state index is 13.3. The summed E-state index contributed by atoms with van der Waals surface area (Å²) >= 11 is 0. The second-order valence-corrected chi connectivity index (χ2v) is 6.12. The lowest BCUT2D eigenvalue weighted by Crippen LogP contribution is -2.39. The molecule has 0 bridgehead atoms. The maximum atomic E-state index is 13.3. The fraction of sp³-hybridized carbons (Fsp3) is 0.625. The molecule has 2 unspecified atom stereocenters. The Balaban J connectivity index is 2.10. The average Bonchev–Trinajstić information content (AvgIpc) is 2.65. The van der Waals surface area contributed by atoms with E-state index in [4.69, 9.17) is 0 Å². The summed E-state index contributed by atoms with van der Waals surface area (Å²) in [6, 6.07) is 7.80. The van der Waals surface area contributed by atoms with E-state index < -0.39 is 0 Å².